The third-order valence-electron chi connectivity index (χ3n) is 3.44. The molecule has 1 heterocycles. The molecule has 0 aromatic heterocycles. The zero-order valence-electron chi connectivity index (χ0n) is 10.7. The lowest BCUT2D eigenvalue weighted by molar-refractivity contribution is 0.0246. The van der Waals surface area contributed by atoms with E-state index in [1.807, 2.05) is 12.1 Å². The van der Waals surface area contributed by atoms with Gasteiger partial charge in [0.1, 0.15) is 5.60 Å². The van der Waals surface area contributed by atoms with E-state index < -0.39 is 5.60 Å². The number of hydrogen-bond acceptors (Lipinski definition) is 3. The Balaban J connectivity index is 1.95. The van der Waals surface area contributed by atoms with Crippen molar-refractivity contribution < 1.29 is 9.84 Å². The summed E-state index contributed by atoms with van der Waals surface area (Å²) in [6.07, 6.45) is 1.72. The van der Waals surface area contributed by atoms with Gasteiger partial charge in [0.25, 0.3) is 0 Å². The van der Waals surface area contributed by atoms with Crippen molar-refractivity contribution in [2.75, 3.05) is 19.8 Å². The molecule has 1 aromatic carbocycles. The van der Waals surface area contributed by atoms with Crippen LogP contribution in [0.5, 0.6) is 0 Å². The van der Waals surface area contributed by atoms with Crippen molar-refractivity contribution in [3.8, 4) is 0 Å². The van der Waals surface area contributed by atoms with Crippen LogP contribution in [0.3, 0.4) is 0 Å². The van der Waals surface area contributed by atoms with Crippen molar-refractivity contribution in [1.29, 1.82) is 0 Å². The van der Waals surface area contributed by atoms with Crippen LogP contribution in [-0.2, 0) is 4.74 Å². The molecule has 0 spiro atoms. The SMILES string of the molecule is CCC(NCC1(O)CCOC1)c1ccc(Br)cc1. The average Bonchev–Trinajstić information content (AvgIpc) is 2.79. The monoisotopic (exact) mass is 313 g/mol. The lowest BCUT2D eigenvalue weighted by Gasteiger charge is -2.25. The van der Waals surface area contributed by atoms with Gasteiger partial charge in [0, 0.05) is 30.1 Å². The predicted molar refractivity (Wildman–Crippen MR) is 75.6 cm³/mol. The minimum Gasteiger partial charge on any atom is -0.386 e. The molecule has 18 heavy (non-hydrogen) atoms. The average molecular weight is 314 g/mol. The zero-order valence-corrected chi connectivity index (χ0v) is 12.2. The van der Waals surface area contributed by atoms with E-state index in [1.165, 1.54) is 5.56 Å². The van der Waals surface area contributed by atoms with E-state index in [0.29, 0.717) is 19.8 Å². The minimum absolute atomic E-state index is 0.280. The van der Waals surface area contributed by atoms with Crippen LogP contribution in [0.4, 0.5) is 0 Å². The van der Waals surface area contributed by atoms with Gasteiger partial charge >= 0.3 is 0 Å². The van der Waals surface area contributed by atoms with Gasteiger partial charge in [0.2, 0.25) is 0 Å². The minimum atomic E-state index is -0.692. The molecule has 0 radical (unpaired) electrons. The first-order chi connectivity index (χ1) is 8.63. The zero-order chi connectivity index (χ0) is 13.0. The lowest BCUT2D eigenvalue weighted by atomic mass is 10.0. The Morgan fingerprint density at radius 3 is 2.72 bits per heavy atom. The smallest absolute Gasteiger partial charge is 0.103 e. The van der Waals surface area contributed by atoms with Crippen LogP contribution in [0.25, 0.3) is 0 Å². The number of rotatable bonds is 5. The second-order valence-corrected chi connectivity index (χ2v) is 5.84. The molecule has 0 bridgehead atoms. The summed E-state index contributed by atoms with van der Waals surface area (Å²) in [6.45, 7) is 3.83. The van der Waals surface area contributed by atoms with E-state index in [4.69, 9.17) is 4.74 Å². The highest BCUT2D eigenvalue weighted by Gasteiger charge is 2.32. The van der Waals surface area contributed by atoms with Gasteiger partial charge in [-0.05, 0) is 24.1 Å². The fraction of sp³-hybridized carbons (Fsp3) is 0.571. The molecule has 2 atom stereocenters. The summed E-state index contributed by atoms with van der Waals surface area (Å²) in [6, 6.07) is 8.60. The topological polar surface area (TPSA) is 41.5 Å². The largest absolute Gasteiger partial charge is 0.386 e. The van der Waals surface area contributed by atoms with Gasteiger partial charge in [-0.25, -0.2) is 0 Å². The maximum absolute atomic E-state index is 10.2. The molecule has 0 aliphatic carbocycles. The van der Waals surface area contributed by atoms with Gasteiger partial charge in [-0.2, -0.15) is 0 Å². The highest BCUT2D eigenvalue weighted by molar-refractivity contribution is 9.10. The molecule has 1 fully saturated rings. The Morgan fingerprint density at radius 2 is 2.17 bits per heavy atom. The number of benzene rings is 1. The summed E-state index contributed by atoms with van der Waals surface area (Å²) in [5, 5.41) is 13.7. The quantitative estimate of drug-likeness (QED) is 0.878. The number of nitrogens with one attached hydrogen (secondary N) is 1. The molecule has 2 unspecified atom stereocenters. The van der Waals surface area contributed by atoms with Crippen LogP contribution >= 0.6 is 15.9 Å². The van der Waals surface area contributed by atoms with Crippen LogP contribution in [-0.4, -0.2) is 30.5 Å². The van der Waals surface area contributed by atoms with Gasteiger partial charge < -0.3 is 15.2 Å². The van der Waals surface area contributed by atoms with E-state index in [-0.39, 0.29) is 6.04 Å². The number of hydrogen-bond donors (Lipinski definition) is 2. The summed E-state index contributed by atoms with van der Waals surface area (Å²) in [7, 11) is 0. The van der Waals surface area contributed by atoms with Crippen molar-refractivity contribution in [2.24, 2.45) is 0 Å². The fourth-order valence-electron chi connectivity index (χ4n) is 2.24. The van der Waals surface area contributed by atoms with E-state index in [2.05, 4.69) is 40.3 Å². The summed E-state index contributed by atoms with van der Waals surface area (Å²) in [5.41, 5.74) is 0.561. The van der Waals surface area contributed by atoms with Crippen molar-refractivity contribution in [3.05, 3.63) is 34.3 Å². The van der Waals surface area contributed by atoms with Gasteiger partial charge in [-0.15, -0.1) is 0 Å². The van der Waals surface area contributed by atoms with Gasteiger partial charge in [0.05, 0.1) is 6.61 Å². The van der Waals surface area contributed by atoms with Crippen molar-refractivity contribution in [2.45, 2.75) is 31.4 Å². The second kappa shape index (κ2) is 6.15. The summed E-state index contributed by atoms with van der Waals surface area (Å²) in [5.74, 6) is 0. The first-order valence-electron chi connectivity index (χ1n) is 6.42. The van der Waals surface area contributed by atoms with Crippen LogP contribution in [0.1, 0.15) is 31.4 Å². The fourth-order valence-corrected chi connectivity index (χ4v) is 2.51. The van der Waals surface area contributed by atoms with Gasteiger partial charge in [0.15, 0.2) is 0 Å². The third-order valence-corrected chi connectivity index (χ3v) is 3.97. The molecule has 100 valence electrons. The molecule has 3 nitrogen and oxygen atoms in total. The molecule has 2 rings (SSSR count). The molecule has 1 saturated heterocycles. The van der Waals surface area contributed by atoms with Gasteiger partial charge in [-0.1, -0.05) is 35.0 Å². The predicted octanol–water partition coefficient (Wildman–Crippen LogP) is 2.64. The maximum atomic E-state index is 10.2. The number of halogens is 1. The van der Waals surface area contributed by atoms with Gasteiger partial charge in [-0.3, -0.25) is 0 Å². The summed E-state index contributed by atoms with van der Waals surface area (Å²) >= 11 is 3.44. The molecular weight excluding hydrogens is 294 g/mol. The first-order valence-corrected chi connectivity index (χ1v) is 7.21. The molecule has 4 heteroatoms. The Labute approximate surface area is 117 Å². The van der Waals surface area contributed by atoms with Crippen LogP contribution in [0, 0.1) is 0 Å². The molecule has 1 aromatic rings. The standard InChI is InChI=1S/C14H20BrNO2/c1-2-13(11-3-5-12(15)6-4-11)16-9-14(17)7-8-18-10-14/h3-6,13,16-17H,2,7-10H2,1H3. The second-order valence-electron chi connectivity index (χ2n) is 4.92. The number of aliphatic hydroxyl groups is 1. The Hall–Kier alpha value is -0.420. The Kier molecular flexibility index (Phi) is 4.78. The number of ether oxygens (including phenoxy) is 1. The first kappa shape index (κ1) is 14.0. The van der Waals surface area contributed by atoms with Crippen LogP contribution in [0.2, 0.25) is 0 Å². The van der Waals surface area contributed by atoms with E-state index in [9.17, 15) is 5.11 Å². The highest BCUT2D eigenvalue weighted by Crippen LogP contribution is 2.22. The molecule has 2 N–H and O–H groups in total. The van der Waals surface area contributed by atoms with E-state index in [1.54, 1.807) is 0 Å². The summed E-state index contributed by atoms with van der Waals surface area (Å²) in [4.78, 5) is 0. The molecular formula is C14H20BrNO2. The van der Waals surface area contributed by atoms with E-state index >= 15 is 0 Å². The third kappa shape index (κ3) is 3.54. The molecule has 1 aliphatic rings. The Morgan fingerprint density at radius 1 is 1.44 bits per heavy atom. The normalized spacial score (nSPS) is 25.3. The Bertz CT molecular complexity index is 374. The van der Waals surface area contributed by atoms with Crippen molar-refractivity contribution in [1.82, 2.24) is 5.32 Å². The highest BCUT2D eigenvalue weighted by atomic mass is 79.9. The molecule has 0 amide bonds. The molecule has 0 saturated carbocycles. The maximum Gasteiger partial charge on any atom is 0.103 e. The summed E-state index contributed by atoms with van der Waals surface area (Å²) < 4.78 is 6.34. The van der Waals surface area contributed by atoms with Crippen LogP contribution in [0.15, 0.2) is 28.7 Å². The van der Waals surface area contributed by atoms with Crippen molar-refractivity contribution >= 4 is 15.9 Å². The van der Waals surface area contributed by atoms with Crippen molar-refractivity contribution in [3.63, 3.8) is 0 Å². The lowest BCUT2D eigenvalue weighted by Crippen LogP contribution is -2.42. The molecule has 1 aliphatic heterocycles. The van der Waals surface area contributed by atoms with E-state index in [0.717, 1.165) is 17.3 Å². The van der Waals surface area contributed by atoms with Crippen LogP contribution < -0.4 is 5.32 Å².